The molecule has 1 atom stereocenters. The highest BCUT2D eigenvalue weighted by molar-refractivity contribution is 5.77. The van der Waals surface area contributed by atoms with Crippen LogP contribution in [0.4, 0.5) is 0 Å². The number of aryl methyl sites for hydroxylation is 1. The Hall–Kier alpha value is -3.34. The lowest BCUT2D eigenvalue weighted by Crippen LogP contribution is -2.38. The van der Waals surface area contributed by atoms with E-state index in [4.69, 9.17) is 9.47 Å². The summed E-state index contributed by atoms with van der Waals surface area (Å²) < 4.78 is 12.3. The van der Waals surface area contributed by atoms with Gasteiger partial charge in [0.25, 0.3) is 5.56 Å². The van der Waals surface area contributed by atoms with Crippen molar-refractivity contribution in [3.8, 4) is 17.6 Å². The summed E-state index contributed by atoms with van der Waals surface area (Å²) in [6, 6.07) is 7.60. The van der Waals surface area contributed by atoms with Gasteiger partial charge in [0.2, 0.25) is 5.91 Å². The van der Waals surface area contributed by atoms with Crippen LogP contribution < -0.4 is 15.0 Å². The van der Waals surface area contributed by atoms with Gasteiger partial charge in [-0.2, -0.15) is 10.4 Å². The molecule has 4 rings (SSSR count). The van der Waals surface area contributed by atoms with Crippen LogP contribution >= 0.6 is 0 Å². The fourth-order valence-electron chi connectivity index (χ4n) is 3.91. The largest absolute Gasteiger partial charge is 0.486 e. The number of amides is 1. The maximum absolute atomic E-state index is 13.0. The summed E-state index contributed by atoms with van der Waals surface area (Å²) in [5.74, 6) is 1.22. The van der Waals surface area contributed by atoms with Crippen molar-refractivity contribution in [2.24, 2.45) is 0 Å². The number of nitriles is 1. The number of carbonyl (C=O) groups is 1. The molecule has 2 aliphatic rings. The minimum atomic E-state index is -0.529. The van der Waals surface area contributed by atoms with E-state index < -0.39 is 5.56 Å². The molecule has 3 heterocycles. The number of benzene rings is 1. The summed E-state index contributed by atoms with van der Waals surface area (Å²) in [6.45, 7) is 4.88. The highest BCUT2D eigenvalue weighted by Gasteiger charge is 2.31. The van der Waals surface area contributed by atoms with Gasteiger partial charge in [0.1, 0.15) is 31.4 Å². The van der Waals surface area contributed by atoms with Gasteiger partial charge in [-0.3, -0.25) is 9.59 Å². The van der Waals surface area contributed by atoms with Gasteiger partial charge in [-0.1, -0.05) is 6.07 Å². The topological polar surface area (TPSA) is 97.4 Å². The second-order valence-electron chi connectivity index (χ2n) is 7.31. The van der Waals surface area contributed by atoms with Crippen molar-refractivity contribution in [2.45, 2.75) is 39.3 Å². The van der Waals surface area contributed by atoms with Gasteiger partial charge < -0.3 is 14.4 Å². The van der Waals surface area contributed by atoms with Crippen molar-refractivity contribution >= 4 is 5.91 Å². The number of hydrogen-bond acceptors (Lipinski definition) is 6. The van der Waals surface area contributed by atoms with E-state index in [1.807, 2.05) is 24.3 Å². The Bertz CT molecular complexity index is 1070. The molecule has 2 aliphatic heterocycles. The third kappa shape index (κ3) is 3.44. The molecule has 0 spiro atoms. The average molecular weight is 394 g/mol. The molecular weight excluding hydrogens is 372 g/mol. The van der Waals surface area contributed by atoms with Gasteiger partial charge in [0, 0.05) is 6.54 Å². The van der Waals surface area contributed by atoms with Crippen LogP contribution in [0.25, 0.3) is 0 Å². The van der Waals surface area contributed by atoms with Crippen LogP contribution in [0.2, 0.25) is 0 Å². The molecule has 0 aliphatic carbocycles. The van der Waals surface area contributed by atoms with Crippen LogP contribution in [0, 0.1) is 25.2 Å². The molecule has 150 valence electrons. The van der Waals surface area contributed by atoms with Crippen molar-refractivity contribution in [3.05, 3.63) is 50.9 Å². The summed E-state index contributed by atoms with van der Waals surface area (Å²) in [4.78, 5) is 27.3. The molecule has 0 saturated carbocycles. The number of ether oxygens (including phenoxy) is 2. The fourth-order valence-corrected chi connectivity index (χ4v) is 3.91. The summed E-state index contributed by atoms with van der Waals surface area (Å²) >= 11 is 0. The van der Waals surface area contributed by atoms with E-state index in [9.17, 15) is 14.9 Å². The summed E-state index contributed by atoms with van der Waals surface area (Å²) in [5, 5.41) is 13.5. The predicted molar refractivity (Wildman–Crippen MR) is 104 cm³/mol. The Balaban J connectivity index is 1.59. The minimum absolute atomic E-state index is 0.0371. The van der Waals surface area contributed by atoms with Crippen molar-refractivity contribution in [1.29, 1.82) is 5.26 Å². The van der Waals surface area contributed by atoms with Crippen LogP contribution in [-0.2, 0) is 11.3 Å². The minimum Gasteiger partial charge on any atom is -0.486 e. The molecule has 0 N–H and O–H groups in total. The van der Waals surface area contributed by atoms with Gasteiger partial charge >= 0.3 is 0 Å². The number of aromatic nitrogens is 2. The highest BCUT2D eigenvalue weighted by atomic mass is 16.6. The maximum Gasteiger partial charge on any atom is 0.285 e. The predicted octanol–water partition coefficient (Wildman–Crippen LogP) is 1.87. The molecule has 8 nitrogen and oxygen atoms in total. The smallest absolute Gasteiger partial charge is 0.285 e. The normalized spacial score (nSPS) is 17.8. The zero-order chi connectivity index (χ0) is 20.5. The van der Waals surface area contributed by atoms with E-state index in [1.54, 1.807) is 18.7 Å². The van der Waals surface area contributed by atoms with E-state index in [2.05, 4.69) is 5.10 Å². The molecule has 1 aromatic carbocycles. The Morgan fingerprint density at radius 2 is 2.03 bits per heavy atom. The van der Waals surface area contributed by atoms with Crippen LogP contribution in [0.1, 0.15) is 41.3 Å². The summed E-state index contributed by atoms with van der Waals surface area (Å²) in [6.07, 6.45) is 1.72. The number of nitrogens with zero attached hydrogens (tertiary/aromatic N) is 4. The third-order valence-corrected chi connectivity index (χ3v) is 5.56. The summed E-state index contributed by atoms with van der Waals surface area (Å²) in [5.41, 5.74) is 1.61. The lowest BCUT2D eigenvalue weighted by Gasteiger charge is -2.27. The molecule has 1 saturated heterocycles. The number of likely N-dealkylation sites (tertiary alicyclic amines) is 1. The first kappa shape index (κ1) is 19.0. The van der Waals surface area contributed by atoms with Crippen LogP contribution in [0.5, 0.6) is 11.5 Å². The molecule has 2 aromatic rings. The van der Waals surface area contributed by atoms with E-state index in [0.717, 1.165) is 23.1 Å². The lowest BCUT2D eigenvalue weighted by molar-refractivity contribution is -0.133. The quantitative estimate of drug-likeness (QED) is 0.788. The Kier molecular flexibility index (Phi) is 4.97. The molecule has 8 heteroatoms. The Labute approximate surface area is 168 Å². The first-order valence-electron chi connectivity index (χ1n) is 9.67. The zero-order valence-corrected chi connectivity index (χ0v) is 16.5. The average Bonchev–Trinajstić information content (AvgIpc) is 3.22. The van der Waals surface area contributed by atoms with Crippen molar-refractivity contribution in [2.75, 3.05) is 19.8 Å². The van der Waals surface area contributed by atoms with Gasteiger partial charge in [-0.05, 0) is 49.9 Å². The van der Waals surface area contributed by atoms with Crippen molar-refractivity contribution in [3.63, 3.8) is 0 Å². The first-order valence-corrected chi connectivity index (χ1v) is 9.67. The molecule has 1 amide bonds. The lowest BCUT2D eigenvalue weighted by atomic mass is 10.0. The SMILES string of the molecule is Cc1nn(CC(=O)N2CCC[C@H]2c2ccc3c(c2)OCCO3)c(=O)c(C#N)c1C. The zero-order valence-electron chi connectivity index (χ0n) is 16.5. The summed E-state index contributed by atoms with van der Waals surface area (Å²) in [7, 11) is 0. The number of rotatable bonds is 3. The second-order valence-corrected chi connectivity index (χ2v) is 7.31. The standard InChI is InChI=1S/C21H22N4O4/c1-13-14(2)23-25(21(27)16(13)11-22)12-20(26)24-7-3-4-17(24)15-5-6-18-19(10-15)29-9-8-28-18/h5-6,10,17H,3-4,7-9,12H2,1-2H3/t17-/m0/s1. The monoisotopic (exact) mass is 394 g/mol. The van der Waals surface area contributed by atoms with Gasteiger partial charge in [0.05, 0.1) is 11.7 Å². The van der Waals surface area contributed by atoms with E-state index in [-0.39, 0.29) is 24.1 Å². The molecular formula is C21H22N4O4. The van der Waals surface area contributed by atoms with E-state index in [1.165, 1.54) is 0 Å². The Morgan fingerprint density at radius 3 is 2.79 bits per heavy atom. The fraction of sp³-hybridized carbons (Fsp3) is 0.429. The number of hydrogen-bond donors (Lipinski definition) is 0. The number of fused-ring (bicyclic) bond motifs is 1. The van der Waals surface area contributed by atoms with Crippen LogP contribution in [-0.4, -0.2) is 40.3 Å². The number of carbonyl (C=O) groups excluding carboxylic acids is 1. The van der Waals surface area contributed by atoms with Crippen LogP contribution in [0.3, 0.4) is 0 Å². The van der Waals surface area contributed by atoms with Crippen LogP contribution in [0.15, 0.2) is 23.0 Å². The molecule has 0 unspecified atom stereocenters. The van der Waals surface area contributed by atoms with Gasteiger partial charge in [0.15, 0.2) is 11.5 Å². The van der Waals surface area contributed by atoms with E-state index in [0.29, 0.717) is 42.5 Å². The molecule has 1 fully saturated rings. The second kappa shape index (κ2) is 7.59. The van der Waals surface area contributed by atoms with Gasteiger partial charge in [-0.25, -0.2) is 4.68 Å². The van der Waals surface area contributed by atoms with E-state index >= 15 is 0 Å². The molecule has 0 radical (unpaired) electrons. The molecule has 0 bridgehead atoms. The maximum atomic E-state index is 13.0. The van der Waals surface area contributed by atoms with Crippen molar-refractivity contribution < 1.29 is 14.3 Å². The molecule has 29 heavy (non-hydrogen) atoms. The van der Waals surface area contributed by atoms with Gasteiger partial charge in [-0.15, -0.1) is 0 Å². The highest BCUT2D eigenvalue weighted by Crippen LogP contribution is 2.38. The van der Waals surface area contributed by atoms with Crippen molar-refractivity contribution in [1.82, 2.24) is 14.7 Å². The molecule has 1 aromatic heterocycles. The Morgan fingerprint density at radius 1 is 1.28 bits per heavy atom. The third-order valence-electron chi connectivity index (χ3n) is 5.56. The first-order chi connectivity index (χ1) is 14.0.